The first kappa shape index (κ1) is 15.8. The Morgan fingerprint density at radius 2 is 1.96 bits per heavy atom. The summed E-state index contributed by atoms with van der Waals surface area (Å²) in [4.78, 5) is 12.5. The molecule has 0 amide bonds. The van der Waals surface area contributed by atoms with Crippen molar-refractivity contribution in [1.29, 1.82) is 0 Å². The zero-order chi connectivity index (χ0) is 17.6. The lowest BCUT2D eigenvalue weighted by atomic mass is 9.93. The Morgan fingerprint density at radius 1 is 1.20 bits per heavy atom. The Kier molecular flexibility index (Phi) is 3.75. The van der Waals surface area contributed by atoms with E-state index in [1.807, 2.05) is 42.6 Å². The van der Waals surface area contributed by atoms with Crippen LogP contribution in [0, 0.1) is 0 Å². The number of benzene rings is 2. The van der Waals surface area contributed by atoms with E-state index in [4.69, 9.17) is 10.5 Å². The van der Waals surface area contributed by atoms with Gasteiger partial charge in [0.05, 0.1) is 6.10 Å². The molecule has 2 heterocycles. The smallest absolute Gasteiger partial charge is 0.258 e. The first-order valence-corrected chi connectivity index (χ1v) is 8.76. The molecule has 4 nitrogen and oxygen atoms in total. The van der Waals surface area contributed by atoms with Gasteiger partial charge in [0, 0.05) is 35.4 Å². The summed E-state index contributed by atoms with van der Waals surface area (Å²) in [6.07, 6.45) is 5.08. The summed E-state index contributed by atoms with van der Waals surface area (Å²) >= 11 is 0. The fourth-order valence-corrected chi connectivity index (χ4v) is 3.70. The molecule has 0 spiro atoms. The minimum atomic E-state index is 0.00414. The third-order valence-corrected chi connectivity index (χ3v) is 5.04. The van der Waals surface area contributed by atoms with Crippen LogP contribution in [-0.4, -0.2) is 10.7 Å². The second-order valence-electron chi connectivity index (χ2n) is 6.75. The number of rotatable bonds is 2. The van der Waals surface area contributed by atoms with Gasteiger partial charge in [-0.3, -0.25) is 4.79 Å². The normalized spacial score (nSPS) is 16.5. The zero-order valence-corrected chi connectivity index (χ0v) is 14.6. The molecule has 128 valence electrons. The quantitative estimate of drug-likeness (QED) is 0.723. The average Bonchev–Trinajstić information content (AvgIpc) is 2.63. The molecular weight excluding hydrogens is 312 g/mol. The van der Waals surface area contributed by atoms with Crippen LogP contribution in [0.25, 0.3) is 21.9 Å². The van der Waals surface area contributed by atoms with Crippen molar-refractivity contribution in [3.05, 3.63) is 58.5 Å². The Bertz CT molecular complexity index is 1020. The van der Waals surface area contributed by atoms with Crippen LogP contribution in [-0.2, 0) is 13.5 Å². The number of nitrogens with zero attached hydrogens (tertiary/aromatic N) is 1. The molecule has 1 aliphatic heterocycles. The van der Waals surface area contributed by atoms with Crippen LogP contribution in [0.2, 0.25) is 0 Å². The standard InChI is InChI=1S/C21H22N2O2/c1-3-15-9-8-13-10-14(22)11-18(20(13)25-15)19-12-23(2)21(24)17-7-5-4-6-16(17)19/h4-7,10-12,15H,3,8-9,22H2,1-2H3. The summed E-state index contributed by atoms with van der Waals surface area (Å²) in [6, 6.07) is 11.7. The van der Waals surface area contributed by atoms with Crippen molar-refractivity contribution < 1.29 is 4.74 Å². The topological polar surface area (TPSA) is 57.2 Å². The molecule has 1 unspecified atom stereocenters. The Labute approximate surface area is 146 Å². The molecule has 0 saturated carbocycles. The van der Waals surface area contributed by atoms with E-state index in [1.54, 1.807) is 11.6 Å². The van der Waals surface area contributed by atoms with Crippen LogP contribution in [0.5, 0.6) is 5.75 Å². The van der Waals surface area contributed by atoms with Gasteiger partial charge in [0.1, 0.15) is 5.75 Å². The highest BCUT2D eigenvalue weighted by atomic mass is 16.5. The van der Waals surface area contributed by atoms with Gasteiger partial charge in [-0.15, -0.1) is 0 Å². The van der Waals surface area contributed by atoms with E-state index in [2.05, 4.69) is 6.92 Å². The molecule has 1 aromatic heterocycles. The SMILES string of the molecule is CCC1CCc2cc(N)cc(-c3cn(C)c(=O)c4ccccc34)c2O1. The maximum Gasteiger partial charge on any atom is 0.258 e. The fourth-order valence-electron chi connectivity index (χ4n) is 3.70. The minimum absolute atomic E-state index is 0.00414. The molecule has 0 fully saturated rings. The van der Waals surface area contributed by atoms with Gasteiger partial charge < -0.3 is 15.0 Å². The Morgan fingerprint density at radius 3 is 2.72 bits per heavy atom. The van der Waals surface area contributed by atoms with E-state index in [0.717, 1.165) is 52.8 Å². The fraction of sp³-hybridized carbons (Fsp3) is 0.286. The number of anilines is 1. The van der Waals surface area contributed by atoms with Crippen molar-refractivity contribution in [2.24, 2.45) is 7.05 Å². The van der Waals surface area contributed by atoms with Gasteiger partial charge in [-0.1, -0.05) is 25.1 Å². The number of hydrogen-bond acceptors (Lipinski definition) is 3. The molecule has 4 rings (SSSR count). The van der Waals surface area contributed by atoms with Crippen LogP contribution in [0.3, 0.4) is 0 Å². The van der Waals surface area contributed by atoms with Crippen LogP contribution < -0.4 is 16.0 Å². The lowest BCUT2D eigenvalue weighted by Crippen LogP contribution is -2.22. The highest BCUT2D eigenvalue weighted by Crippen LogP contribution is 2.41. The number of ether oxygens (including phenoxy) is 1. The third-order valence-electron chi connectivity index (χ3n) is 5.04. The molecular formula is C21H22N2O2. The second-order valence-corrected chi connectivity index (χ2v) is 6.75. The molecule has 25 heavy (non-hydrogen) atoms. The maximum absolute atomic E-state index is 12.5. The van der Waals surface area contributed by atoms with Gasteiger partial charge in [0.15, 0.2) is 0 Å². The Balaban J connectivity index is 2.03. The zero-order valence-electron chi connectivity index (χ0n) is 14.6. The van der Waals surface area contributed by atoms with E-state index in [-0.39, 0.29) is 11.7 Å². The van der Waals surface area contributed by atoms with Gasteiger partial charge in [-0.25, -0.2) is 0 Å². The van der Waals surface area contributed by atoms with Crippen LogP contribution >= 0.6 is 0 Å². The summed E-state index contributed by atoms with van der Waals surface area (Å²) < 4.78 is 7.93. The van der Waals surface area contributed by atoms with Gasteiger partial charge in [0.25, 0.3) is 5.56 Å². The average molecular weight is 334 g/mol. The van der Waals surface area contributed by atoms with Gasteiger partial charge in [-0.2, -0.15) is 0 Å². The number of aryl methyl sites for hydroxylation is 2. The molecule has 0 bridgehead atoms. The van der Waals surface area contributed by atoms with Gasteiger partial charge in [-0.05, 0) is 48.4 Å². The summed E-state index contributed by atoms with van der Waals surface area (Å²) in [5, 5.41) is 1.64. The second kappa shape index (κ2) is 5.96. The van der Waals surface area contributed by atoms with Crippen LogP contribution in [0.1, 0.15) is 25.3 Å². The molecule has 0 aliphatic carbocycles. The van der Waals surface area contributed by atoms with Crippen LogP contribution in [0.4, 0.5) is 5.69 Å². The maximum atomic E-state index is 12.5. The summed E-state index contributed by atoms with van der Waals surface area (Å²) in [6.45, 7) is 2.15. The predicted molar refractivity (Wildman–Crippen MR) is 102 cm³/mol. The van der Waals surface area contributed by atoms with E-state index in [9.17, 15) is 4.79 Å². The highest BCUT2D eigenvalue weighted by Gasteiger charge is 2.23. The van der Waals surface area contributed by atoms with Crippen molar-refractivity contribution in [3.8, 4) is 16.9 Å². The minimum Gasteiger partial charge on any atom is -0.489 e. The molecule has 3 aromatic rings. The number of pyridine rings is 1. The van der Waals surface area contributed by atoms with Crippen LogP contribution in [0.15, 0.2) is 47.4 Å². The van der Waals surface area contributed by atoms with Crippen molar-refractivity contribution >= 4 is 16.5 Å². The van der Waals surface area contributed by atoms with Crippen molar-refractivity contribution in [2.75, 3.05) is 5.73 Å². The highest BCUT2D eigenvalue weighted by molar-refractivity contribution is 5.98. The van der Waals surface area contributed by atoms with E-state index in [1.165, 1.54) is 0 Å². The summed E-state index contributed by atoms with van der Waals surface area (Å²) in [5.41, 5.74) is 10.0. The predicted octanol–water partition coefficient (Wildman–Crippen LogP) is 3.89. The lowest BCUT2D eigenvalue weighted by Gasteiger charge is -2.28. The first-order chi connectivity index (χ1) is 12.1. The monoisotopic (exact) mass is 334 g/mol. The number of nitrogen functional groups attached to an aromatic ring is 1. The summed E-state index contributed by atoms with van der Waals surface area (Å²) in [5.74, 6) is 0.913. The van der Waals surface area contributed by atoms with Crippen molar-refractivity contribution in [1.82, 2.24) is 4.57 Å². The third kappa shape index (κ3) is 2.58. The molecule has 1 atom stereocenters. The van der Waals surface area contributed by atoms with Gasteiger partial charge in [0.2, 0.25) is 0 Å². The lowest BCUT2D eigenvalue weighted by molar-refractivity contribution is 0.170. The first-order valence-electron chi connectivity index (χ1n) is 8.76. The van der Waals surface area contributed by atoms with Crippen molar-refractivity contribution in [2.45, 2.75) is 32.3 Å². The molecule has 2 aromatic carbocycles. The summed E-state index contributed by atoms with van der Waals surface area (Å²) in [7, 11) is 1.78. The number of aromatic nitrogens is 1. The molecule has 1 aliphatic rings. The van der Waals surface area contributed by atoms with E-state index < -0.39 is 0 Å². The van der Waals surface area contributed by atoms with Crippen molar-refractivity contribution in [3.63, 3.8) is 0 Å². The molecule has 0 radical (unpaired) electrons. The largest absolute Gasteiger partial charge is 0.489 e. The molecule has 2 N–H and O–H groups in total. The van der Waals surface area contributed by atoms with Gasteiger partial charge >= 0.3 is 0 Å². The number of nitrogens with two attached hydrogens (primary N) is 1. The Hall–Kier alpha value is -2.75. The van der Waals surface area contributed by atoms with E-state index in [0.29, 0.717) is 5.39 Å². The van der Waals surface area contributed by atoms with E-state index >= 15 is 0 Å². The number of hydrogen-bond donors (Lipinski definition) is 1. The molecule has 4 heteroatoms. The number of fused-ring (bicyclic) bond motifs is 2. The molecule has 0 saturated heterocycles.